The molecular weight excluding hydrogens is 723 g/mol. The van der Waals surface area contributed by atoms with Crippen LogP contribution < -0.4 is 4.90 Å². The van der Waals surface area contributed by atoms with Gasteiger partial charge in [-0.2, -0.15) is 0 Å². The second-order valence-electron chi connectivity index (χ2n) is 16.0. The maximum Gasteiger partial charge on any atom is 0.143 e. The summed E-state index contributed by atoms with van der Waals surface area (Å²) < 4.78 is 9.60. The molecule has 0 N–H and O–H groups in total. The molecular formula is C55H37NOS. The van der Waals surface area contributed by atoms with E-state index in [9.17, 15) is 0 Å². The Labute approximate surface area is 340 Å². The molecule has 3 heteroatoms. The first-order chi connectivity index (χ1) is 28.5. The first kappa shape index (κ1) is 33.2. The van der Waals surface area contributed by atoms with E-state index < -0.39 is 0 Å². The van der Waals surface area contributed by atoms with Gasteiger partial charge in [0.2, 0.25) is 0 Å². The average molecular weight is 760 g/mol. The van der Waals surface area contributed by atoms with E-state index in [2.05, 4.69) is 207 Å². The Hall–Kier alpha value is -6.94. The van der Waals surface area contributed by atoms with Crippen molar-refractivity contribution in [2.45, 2.75) is 19.3 Å². The van der Waals surface area contributed by atoms with Crippen LogP contribution in [0.3, 0.4) is 0 Å². The predicted octanol–water partition coefficient (Wildman–Crippen LogP) is 16.2. The fraction of sp³-hybridized carbons (Fsp3) is 0.0545. The average Bonchev–Trinajstić information content (AvgIpc) is 3.91. The summed E-state index contributed by atoms with van der Waals surface area (Å²) in [6, 6.07) is 68.7. The van der Waals surface area contributed by atoms with Crippen molar-refractivity contribution in [2.75, 3.05) is 4.90 Å². The molecule has 2 nitrogen and oxygen atoms in total. The van der Waals surface area contributed by atoms with Crippen LogP contribution >= 0.6 is 11.3 Å². The third-order valence-corrected chi connectivity index (χ3v) is 13.7. The van der Waals surface area contributed by atoms with Crippen molar-refractivity contribution in [1.29, 1.82) is 0 Å². The molecule has 2 heterocycles. The summed E-state index contributed by atoms with van der Waals surface area (Å²) in [5.74, 6) is 0. The summed E-state index contributed by atoms with van der Waals surface area (Å²) in [5.41, 5.74) is 15.0. The van der Waals surface area contributed by atoms with Crippen LogP contribution in [0.2, 0.25) is 0 Å². The summed E-state index contributed by atoms with van der Waals surface area (Å²) in [6.45, 7) is 4.71. The fourth-order valence-corrected chi connectivity index (χ4v) is 10.9. The summed E-state index contributed by atoms with van der Waals surface area (Å²) in [5, 5.41) is 7.18. The van der Waals surface area contributed by atoms with Crippen LogP contribution in [0.25, 0.3) is 86.3 Å². The number of para-hydroxylation sites is 1. The molecule has 58 heavy (non-hydrogen) atoms. The SMILES string of the molecule is CC1(C)c2ccccc2-c2ccc(N(c3ccc4oc5c(-c6cccc7c6sc6ccccc67)c6ccccc6cc5c4c3)c3ccccc3-c3ccccc3)cc21. The van der Waals surface area contributed by atoms with Crippen molar-refractivity contribution < 1.29 is 4.42 Å². The Bertz CT molecular complexity index is 3440. The number of thiophene rings is 1. The van der Waals surface area contributed by atoms with Crippen LogP contribution in [0.1, 0.15) is 25.0 Å². The van der Waals surface area contributed by atoms with E-state index in [0.717, 1.165) is 44.6 Å². The molecule has 0 aliphatic heterocycles. The molecule has 12 rings (SSSR count). The van der Waals surface area contributed by atoms with Crippen molar-refractivity contribution in [3.05, 3.63) is 199 Å². The molecule has 1 aliphatic carbocycles. The molecule has 0 radical (unpaired) electrons. The lowest BCUT2D eigenvalue weighted by atomic mass is 9.82. The first-order valence-electron chi connectivity index (χ1n) is 20.0. The van der Waals surface area contributed by atoms with Gasteiger partial charge in [-0.1, -0.05) is 153 Å². The van der Waals surface area contributed by atoms with Crippen molar-refractivity contribution >= 4 is 81.3 Å². The molecule has 1 aliphatic rings. The summed E-state index contributed by atoms with van der Waals surface area (Å²) in [7, 11) is 0. The van der Waals surface area contributed by atoms with Gasteiger partial charge in [-0.25, -0.2) is 0 Å². The molecule has 0 amide bonds. The zero-order chi connectivity index (χ0) is 38.5. The Morgan fingerprint density at radius 3 is 2.03 bits per heavy atom. The lowest BCUT2D eigenvalue weighted by molar-refractivity contribution is 0.660. The zero-order valence-electron chi connectivity index (χ0n) is 32.2. The summed E-state index contributed by atoms with van der Waals surface area (Å²) >= 11 is 1.86. The van der Waals surface area contributed by atoms with Crippen molar-refractivity contribution in [3.8, 4) is 33.4 Å². The third kappa shape index (κ3) is 4.84. The molecule has 0 saturated carbocycles. The van der Waals surface area contributed by atoms with Gasteiger partial charge < -0.3 is 9.32 Å². The Morgan fingerprint density at radius 1 is 0.466 bits per heavy atom. The van der Waals surface area contributed by atoms with Gasteiger partial charge in [-0.05, 0) is 87.1 Å². The number of hydrogen-bond acceptors (Lipinski definition) is 3. The zero-order valence-corrected chi connectivity index (χ0v) is 33.0. The Balaban J connectivity index is 1.12. The fourth-order valence-electron chi connectivity index (χ4n) is 9.70. The van der Waals surface area contributed by atoms with E-state index >= 15 is 0 Å². The maximum absolute atomic E-state index is 7.02. The minimum atomic E-state index is -0.133. The van der Waals surface area contributed by atoms with Gasteiger partial charge in [-0.15, -0.1) is 11.3 Å². The van der Waals surface area contributed by atoms with Crippen molar-refractivity contribution in [1.82, 2.24) is 0 Å². The lowest BCUT2D eigenvalue weighted by Crippen LogP contribution is -2.16. The third-order valence-electron chi connectivity index (χ3n) is 12.5. The monoisotopic (exact) mass is 759 g/mol. The largest absolute Gasteiger partial charge is 0.455 e. The quantitative estimate of drug-likeness (QED) is 0.174. The van der Waals surface area contributed by atoms with E-state index in [0.29, 0.717) is 0 Å². The van der Waals surface area contributed by atoms with Gasteiger partial charge in [0, 0.05) is 64.4 Å². The van der Waals surface area contributed by atoms with Crippen LogP contribution in [-0.4, -0.2) is 0 Å². The van der Waals surface area contributed by atoms with Crippen molar-refractivity contribution in [2.24, 2.45) is 0 Å². The number of anilines is 3. The van der Waals surface area contributed by atoms with Crippen LogP contribution in [0.15, 0.2) is 192 Å². The van der Waals surface area contributed by atoms with Gasteiger partial charge in [-0.3, -0.25) is 0 Å². The van der Waals surface area contributed by atoms with Gasteiger partial charge >= 0.3 is 0 Å². The number of rotatable bonds is 5. The predicted molar refractivity (Wildman–Crippen MR) is 247 cm³/mol. The normalized spacial score (nSPS) is 13.1. The topological polar surface area (TPSA) is 16.4 Å². The van der Waals surface area contributed by atoms with E-state index in [4.69, 9.17) is 4.42 Å². The van der Waals surface area contributed by atoms with Gasteiger partial charge in [0.25, 0.3) is 0 Å². The minimum absolute atomic E-state index is 0.133. The second-order valence-corrected chi connectivity index (χ2v) is 17.1. The highest BCUT2D eigenvalue weighted by atomic mass is 32.1. The summed E-state index contributed by atoms with van der Waals surface area (Å²) in [6.07, 6.45) is 0. The molecule has 0 spiro atoms. The van der Waals surface area contributed by atoms with Crippen LogP contribution in [0.5, 0.6) is 0 Å². The van der Waals surface area contributed by atoms with Gasteiger partial charge in [0.05, 0.1) is 5.69 Å². The number of nitrogens with zero attached hydrogens (tertiary/aromatic N) is 1. The van der Waals surface area contributed by atoms with Crippen LogP contribution in [0, 0.1) is 0 Å². The Kier molecular flexibility index (Phi) is 7.18. The lowest BCUT2D eigenvalue weighted by Gasteiger charge is -2.30. The van der Waals surface area contributed by atoms with Gasteiger partial charge in [0.1, 0.15) is 11.2 Å². The molecule has 2 aromatic heterocycles. The van der Waals surface area contributed by atoms with E-state index in [-0.39, 0.29) is 5.41 Å². The first-order valence-corrected chi connectivity index (χ1v) is 20.8. The molecule has 0 atom stereocenters. The van der Waals surface area contributed by atoms with Crippen LogP contribution in [-0.2, 0) is 5.41 Å². The van der Waals surface area contributed by atoms with E-state index in [1.807, 2.05) is 11.3 Å². The molecule has 274 valence electrons. The standard InChI is InChI=1S/C55H37NOS/c1-55(2)47-24-11-8-20-40(47)41-29-27-37(33-48(41)55)56(49-25-12-9-18-38(49)34-15-4-3-5-16-34)36-28-30-50-45(32-36)46-31-35-17-6-7-19-39(35)52(53(46)57-50)44-23-14-22-43-42-21-10-13-26-51(42)58-54(43)44/h3-33H,1-2H3. The van der Waals surface area contributed by atoms with Gasteiger partial charge in [0.15, 0.2) is 0 Å². The number of benzene rings is 9. The van der Waals surface area contributed by atoms with E-state index in [1.54, 1.807) is 0 Å². The smallest absolute Gasteiger partial charge is 0.143 e. The van der Waals surface area contributed by atoms with Crippen molar-refractivity contribution in [3.63, 3.8) is 0 Å². The molecule has 11 aromatic rings. The Morgan fingerprint density at radius 2 is 1.14 bits per heavy atom. The number of hydrogen-bond donors (Lipinski definition) is 0. The molecule has 0 unspecified atom stereocenters. The molecule has 9 aromatic carbocycles. The van der Waals surface area contributed by atoms with E-state index in [1.165, 1.54) is 69.9 Å². The number of furan rings is 1. The highest BCUT2D eigenvalue weighted by Crippen LogP contribution is 2.52. The summed E-state index contributed by atoms with van der Waals surface area (Å²) in [4.78, 5) is 2.44. The number of fused-ring (bicyclic) bond motifs is 10. The highest BCUT2D eigenvalue weighted by molar-refractivity contribution is 7.26. The van der Waals surface area contributed by atoms with Crippen LogP contribution in [0.4, 0.5) is 17.1 Å². The minimum Gasteiger partial charge on any atom is -0.455 e. The molecule has 0 fully saturated rings. The highest BCUT2D eigenvalue weighted by Gasteiger charge is 2.36. The molecule has 0 saturated heterocycles. The molecule has 0 bridgehead atoms. The maximum atomic E-state index is 7.02. The second kappa shape index (κ2) is 12.5.